The minimum Gasteiger partial charge on any atom is -0.385 e. The average molecular weight is 402 g/mol. The first-order chi connectivity index (χ1) is 13.8. The SMILES string of the molecule is Cc1ccc(F)c(NC(=O)CCC(=O)N2CCC([C@H](O)c3nccn3C)CC2)c1. The van der Waals surface area contributed by atoms with Gasteiger partial charge in [0, 0.05) is 45.4 Å². The van der Waals surface area contributed by atoms with Crippen LogP contribution in [0.3, 0.4) is 0 Å². The molecule has 2 heterocycles. The van der Waals surface area contributed by atoms with E-state index in [0.717, 1.165) is 5.56 Å². The van der Waals surface area contributed by atoms with Gasteiger partial charge >= 0.3 is 0 Å². The van der Waals surface area contributed by atoms with Crippen molar-refractivity contribution in [1.29, 1.82) is 0 Å². The Morgan fingerprint density at radius 1 is 1.31 bits per heavy atom. The van der Waals surface area contributed by atoms with E-state index in [2.05, 4.69) is 10.3 Å². The molecular formula is C21H27FN4O3. The molecule has 0 radical (unpaired) electrons. The van der Waals surface area contributed by atoms with Crippen molar-refractivity contribution in [3.8, 4) is 0 Å². The van der Waals surface area contributed by atoms with Crippen LogP contribution in [0.4, 0.5) is 10.1 Å². The highest BCUT2D eigenvalue weighted by Crippen LogP contribution is 2.30. The summed E-state index contributed by atoms with van der Waals surface area (Å²) >= 11 is 0. The van der Waals surface area contributed by atoms with E-state index in [-0.39, 0.29) is 36.3 Å². The molecule has 1 aromatic carbocycles. The quantitative estimate of drug-likeness (QED) is 0.777. The molecule has 0 bridgehead atoms. The van der Waals surface area contributed by atoms with Crippen molar-refractivity contribution < 1.29 is 19.1 Å². The Morgan fingerprint density at radius 3 is 2.69 bits per heavy atom. The molecule has 29 heavy (non-hydrogen) atoms. The highest BCUT2D eigenvalue weighted by Gasteiger charge is 2.30. The van der Waals surface area contributed by atoms with Gasteiger partial charge in [0.05, 0.1) is 5.69 Å². The second-order valence-corrected chi connectivity index (χ2v) is 7.59. The smallest absolute Gasteiger partial charge is 0.224 e. The summed E-state index contributed by atoms with van der Waals surface area (Å²) in [6.07, 6.45) is 4.24. The standard InChI is InChI=1S/C21H27FN4O3/c1-14-3-4-16(22)17(13-14)24-18(27)5-6-19(28)26-10-7-15(8-11-26)20(29)21-23-9-12-25(21)2/h3-4,9,12-13,15,20,29H,5-8,10-11H2,1-2H3,(H,24,27)/t20-/m0/s1. The van der Waals surface area contributed by atoms with Crippen LogP contribution in [-0.2, 0) is 16.6 Å². The fourth-order valence-electron chi connectivity index (χ4n) is 3.66. The third-order valence-electron chi connectivity index (χ3n) is 5.42. The Morgan fingerprint density at radius 2 is 2.03 bits per heavy atom. The lowest BCUT2D eigenvalue weighted by molar-refractivity contribution is -0.134. The van der Waals surface area contributed by atoms with Gasteiger partial charge in [-0.2, -0.15) is 0 Å². The van der Waals surface area contributed by atoms with E-state index < -0.39 is 11.9 Å². The molecule has 2 aromatic rings. The number of hydrogen-bond donors (Lipinski definition) is 2. The molecule has 2 amide bonds. The number of imidazole rings is 1. The van der Waals surface area contributed by atoms with Crippen LogP contribution in [0.25, 0.3) is 0 Å². The molecule has 0 aliphatic carbocycles. The van der Waals surface area contributed by atoms with E-state index in [4.69, 9.17) is 0 Å². The molecule has 0 unspecified atom stereocenters. The molecule has 1 saturated heterocycles. The summed E-state index contributed by atoms with van der Waals surface area (Å²) < 4.78 is 15.5. The number of nitrogens with one attached hydrogen (secondary N) is 1. The highest BCUT2D eigenvalue weighted by atomic mass is 19.1. The first kappa shape index (κ1) is 21.0. The minimum absolute atomic E-state index is 0.00202. The fraction of sp³-hybridized carbons (Fsp3) is 0.476. The van der Waals surface area contributed by atoms with Crippen LogP contribution in [-0.4, -0.2) is 44.5 Å². The second kappa shape index (κ2) is 9.17. The summed E-state index contributed by atoms with van der Waals surface area (Å²) in [5.74, 6) is -0.302. The van der Waals surface area contributed by atoms with Crippen LogP contribution >= 0.6 is 0 Å². The van der Waals surface area contributed by atoms with Crippen LogP contribution in [0.15, 0.2) is 30.6 Å². The van der Waals surface area contributed by atoms with Crippen molar-refractivity contribution in [2.24, 2.45) is 13.0 Å². The molecular weight excluding hydrogens is 375 g/mol. The van der Waals surface area contributed by atoms with E-state index in [0.29, 0.717) is 31.8 Å². The number of aliphatic hydroxyl groups is 1. The average Bonchev–Trinajstić information content (AvgIpc) is 3.14. The van der Waals surface area contributed by atoms with E-state index in [1.54, 1.807) is 34.0 Å². The lowest BCUT2D eigenvalue weighted by atomic mass is 9.90. The summed E-state index contributed by atoms with van der Waals surface area (Å²) in [7, 11) is 1.85. The zero-order valence-electron chi connectivity index (χ0n) is 16.8. The van der Waals surface area contributed by atoms with Gasteiger partial charge in [0.25, 0.3) is 0 Å². The van der Waals surface area contributed by atoms with Crippen molar-refractivity contribution in [2.45, 2.75) is 38.7 Å². The predicted octanol–water partition coefficient (Wildman–Crippen LogP) is 2.56. The van der Waals surface area contributed by atoms with Crippen LogP contribution in [0.2, 0.25) is 0 Å². The Bertz CT molecular complexity index is 875. The minimum atomic E-state index is -0.651. The van der Waals surface area contributed by atoms with Crippen molar-refractivity contribution >= 4 is 17.5 Å². The normalized spacial score (nSPS) is 15.9. The van der Waals surface area contributed by atoms with E-state index >= 15 is 0 Å². The molecule has 1 fully saturated rings. The molecule has 1 aliphatic heterocycles. The molecule has 1 aromatic heterocycles. The Labute approximate surface area is 169 Å². The lowest BCUT2D eigenvalue weighted by Crippen LogP contribution is -2.40. The van der Waals surface area contributed by atoms with Gasteiger partial charge in [-0.1, -0.05) is 6.07 Å². The Hall–Kier alpha value is -2.74. The maximum atomic E-state index is 13.7. The summed E-state index contributed by atoms with van der Waals surface area (Å²) in [4.78, 5) is 30.4. The second-order valence-electron chi connectivity index (χ2n) is 7.59. The zero-order valence-corrected chi connectivity index (χ0v) is 16.8. The van der Waals surface area contributed by atoms with Gasteiger partial charge in [0.15, 0.2) is 0 Å². The number of aromatic nitrogens is 2. The number of rotatable bonds is 6. The summed E-state index contributed by atoms with van der Waals surface area (Å²) in [6, 6.07) is 4.50. The molecule has 1 aliphatic rings. The summed E-state index contributed by atoms with van der Waals surface area (Å²) in [6.45, 7) is 2.89. The molecule has 0 saturated carbocycles. The van der Waals surface area contributed by atoms with Crippen molar-refractivity contribution in [3.05, 3.63) is 47.8 Å². The molecule has 156 valence electrons. The number of anilines is 1. The fourth-order valence-corrected chi connectivity index (χ4v) is 3.66. The molecule has 7 nitrogen and oxygen atoms in total. The van der Waals surface area contributed by atoms with Crippen molar-refractivity contribution in [3.63, 3.8) is 0 Å². The number of amides is 2. The largest absolute Gasteiger partial charge is 0.385 e. The molecule has 1 atom stereocenters. The van der Waals surface area contributed by atoms with Crippen LogP contribution < -0.4 is 5.32 Å². The van der Waals surface area contributed by atoms with Gasteiger partial charge in [-0.3, -0.25) is 9.59 Å². The van der Waals surface area contributed by atoms with Gasteiger partial charge in [0.1, 0.15) is 17.7 Å². The van der Waals surface area contributed by atoms with E-state index in [9.17, 15) is 19.1 Å². The topological polar surface area (TPSA) is 87.5 Å². The first-order valence-corrected chi connectivity index (χ1v) is 9.84. The number of carbonyl (C=O) groups excluding carboxylic acids is 2. The number of carbonyl (C=O) groups is 2. The van der Waals surface area contributed by atoms with Crippen LogP contribution in [0.5, 0.6) is 0 Å². The number of hydrogen-bond acceptors (Lipinski definition) is 4. The predicted molar refractivity (Wildman–Crippen MR) is 106 cm³/mol. The van der Waals surface area contributed by atoms with Gasteiger partial charge in [-0.15, -0.1) is 0 Å². The Balaban J connectivity index is 1.44. The number of likely N-dealkylation sites (tertiary alicyclic amines) is 1. The van der Waals surface area contributed by atoms with Crippen LogP contribution in [0, 0.1) is 18.7 Å². The third-order valence-corrected chi connectivity index (χ3v) is 5.42. The number of nitrogens with zero attached hydrogens (tertiary/aromatic N) is 3. The lowest BCUT2D eigenvalue weighted by Gasteiger charge is -2.34. The number of halogens is 1. The first-order valence-electron chi connectivity index (χ1n) is 9.84. The monoisotopic (exact) mass is 402 g/mol. The maximum Gasteiger partial charge on any atom is 0.224 e. The van der Waals surface area contributed by atoms with Gasteiger partial charge in [0.2, 0.25) is 11.8 Å². The molecule has 2 N–H and O–H groups in total. The number of aryl methyl sites for hydroxylation is 2. The highest BCUT2D eigenvalue weighted by molar-refractivity contribution is 5.93. The number of aliphatic hydroxyl groups excluding tert-OH is 1. The molecule has 3 rings (SSSR count). The third kappa shape index (κ3) is 5.20. The van der Waals surface area contributed by atoms with Crippen LogP contribution in [0.1, 0.15) is 43.2 Å². The zero-order chi connectivity index (χ0) is 21.0. The number of benzene rings is 1. The van der Waals surface area contributed by atoms with E-state index in [1.165, 1.54) is 6.07 Å². The van der Waals surface area contributed by atoms with Gasteiger partial charge < -0.3 is 19.9 Å². The Kier molecular flexibility index (Phi) is 6.64. The van der Waals surface area contributed by atoms with Crippen molar-refractivity contribution in [1.82, 2.24) is 14.5 Å². The summed E-state index contributed by atoms with van der Waals surface area (Å²) in [5.41, 5.74) is 0.972. The molecule has 8 heteroatoms. The van der Waals surface area contributed by atoms with Gasteiger partial charge in [-0.25, -0.2) is 9.37 Å². The van der Waals surface area contributed by atoms with Gasteiger partial charge in [-0.05, 0) is 43.4 Å². The summed E-state index contributed by atoms with van der Waals surface area (Å²) in [5, 5.41) is 13.1. The maximum absolute atomic E-state index is 13.7. The molecule has 0 spiro atoms. The van der Waals surface area contributed by atoms with Crippen molar-refractivity contribution in [2.75, 3.05) is 18.4 Å². The number of piperidine rings is 1. The van der Waals surface area contributed by atoms with E-state index in [1.807, 2.05) is 14.0 Å².